The van der Waals surface area contributed by atoms with E-state index in [1.54, 1.807) is 30.6 Å². The monoisotopic (exact) mass is 385 g/mol. The number of alkyl carbamates (subject to hydrolysis) is 1. The number of carbonyl (C=O) groups is 3. The van der Waals surface area contributed by atoms with E-state index < -0.39 is 23.3 Å². The van der Waals surface area contributed by atoms with Crippen molar-refractivity contribution in [3.8, 4) is 0 Å². The van der Waals surface area contributed by atoms with Gasteiger partial charge in [-0.15, -0.1) is 0 Å². The maximum absolute atomic E-state index is 12.9. The lowest BCUT2D eigenvalue weighted by molar-refractivity contribution is -0.136. The molecule has 0 aliphatic carbocycles. The molecule has 1 aliphatic heterocycles. The summed E-state index contributed by atoms with van der Waals surface area (Å²) in [6, 6.07) is -0.673. The Kier molecular flexibility index (Phi) is 7.51. The predicted octanol–water partition coefficient (Wildman–Crippen LogP) is 2.62. The van der Waals surface area contributed by atoms with Crippen LogP contribution in [0.15, 0.2) is 0 Å². The SMILES string of the molecule is CC(C)C(NC(=O)OC(C)(C)C)C(=O)N1CCN(C(=O)OC(C)(C)C)CC1. The smallest absolute Gasteiger partial charge is 0.410 e. The van der Waals surface area contributed by atoms with E-state index in [0.717, 1.165) is 0 Å². The molecule has 0 saturated carbocycles. The van der Waals surface area contributed by atoms with E-state index in [9.17, 15) is 14.4 Å². The summed E-state index contributed by atoms with van der Waals surface area (Å²) in [7, 11) is 0. The zero-order chi connectivity index (χ0) is 21.0. The summed E-state index contributed by atoms with van der Waals surface area (Å²) in [6.45, 7) is 16.1. The Morgan fingerprint density at radius 3 is 1.67 bits per heavy atom. The second-order valence-electron chi connectivity index (χ2n) is 9.16. The molecule has 156 valence electrons. The molecule has 27 heavy (non-hydrogen) atoms. The van der Waals surface area contributed by atoms with Gasteiger partial charge in [0.1, 0.15) is 17.2 Å². The van der Waals surface area contributed by atoms with Crippen molar-refractivity contribution in [1.82, 2.24) is 15.1 Å². The number of rotatable bonds is 3. The Balaban J connectivity index is 2.64. The molecule has 1 unspecified atom stereocenters. The summed E-state index contributed by atoms with van der Waals surface area (Å²) in [4.78, 5) is 40.3. The lowest BCUT2D eigenvalue weighted by atomic mass is 10.0. The van der Waals surface area contributed by atoms with Gasteiger partial charge in [-0.1, -0.05) is 13.8 Å². The van der Waals surface area contributed by atoms with Gasteiger partial charge in [0.05, 0.1) is 0 Å². The Morgan fingerprint density at radius 1 is 0.815 bits per heavy atom. The minimum absolute atomic E-state index is 0.0890. The number of ether oxygens (including phenoxy) is 2. The first kappa shape index (κ1) is 23.0. The second kappa shape index (κ2) is 8.80. The Bertz CT molecular complexity index is 541. The van der Waals surface area contributed by atoms with Gasteiger partial charge in [0.15, 0.2) is 0 Å². The molecule has 0 aromatic carbocycles. The minimum atomic E-state index is -0.673. The molecule has 0 bridgehead atoms. The normalized spacial score (nSPS) is 16.8. The molecule has 8 heteroatoms. The molecule has 8 nitrogen and oxygen atoms in total. The van der Waals surface area contributed by atoms with Crippen molar-refractivity contribution in [2.75, 3.05) is 26.2 Å². The van der Waals surface area contributed by atoms with E-state index in [4.69, 9.17) is 9.47 Å². The first-order valence-electron chi connectivity index (χ1n) is 9.46. The molecule has 1 saturated heterocycles. The molecule has 3 amide bonds. The van der Waals surface area contributed by atoms with Gasteiger partial charge >= 0.3 is 12.2 Å². The summed E-state index contributed by atoms with van der Waals surface area (Å²) in [6.07, 6.45) is -0.983. The lowest BCUT2D eigenvalue weighted by Gasteiger charge is -2.37. The quantitative estimate of drug-likeness (QED) is 0.807. The highest BCUT2D eigenvalue weighted by atomic mass is 16.6. The van der Waals surface area contributed by atoms with Crippen molar-refractivity contribution >= 4 is 18.1 Å². The number of nitrogens with one attached hydrogen (secondary N) is 1. The van der Waals surface area contributed by atoms with Gasteiger partial charge in [-0.2, -0.15) is 0 Å². The van der Waals surface area contributed by atoms with Crippen LogP contribution in [0.25, 0.3) is 0 Å². The van der Waals surface area contributed by atoms with Gasteiger partial charge in [0.25, 0.3) is 0 Å². The van der Waals surface area contributed by atoms with Crippen LogP contribution in [0.2, 0.25) is 0 Å². The number of amides is 3. The molecule has 1 atom stereocenters. The van der Waals surface area contributed by atoms with Gasteiger partial charge in [-0.3, -0.25) is 4.79 Å². The summed E-state index contributed by atoms with van der Waals surface area (Å²) in [5, 5.41) is 2.68. The summed E-state index contributed by atoms with van der Waals surface area (Å²) < 4.78 is 10.6. The number of nitrogens with zero attached hydrogens (tertiary/aromatic N) is 2. The standard InChI is InChI=1S/C19H35N3O5/c1-13(2)14(20-16(24)26-18(3,4)5)15(23)21-9-11-22(12-10-21)17(25)27-19(6,7)8/h13-14H,9-12H2,1-8H3,(H,20,24). The summed E-state index contributed by atoms with van der Waals surface area (Å²) in [5.41, 5.74) is -1.18. The Hall–Kier alpha value is -1.99. The number of hydrogen-bond acceptors (Lipinski definition) is 5. The van der Waals surface area contributed by atoms with Crippen molar-refractivity contribution in [3.05, 3.63) is 0 Å². The highest BCUT2D eigenvalue weighted by Crippen LogP contribution is 2.14. The van der Waals surface area contributed by atoms with E-state index >= 15 is 0 Å². The molecule has 1 N–H and O–H groups in total. The van der Waals surface area contributed by atoms with Crippen LogP contribution in [0.3, 0.4) is 0 Å². The molecule has 1 aliphatic rings. The average Bonchev–Trinajstić information content (AvgIpc) is 2.48. The molecule has 0 spiro atoms. The fourth-order valence-corrected chi connectivity index (χ4v) is 2.58. The maximum Gasteiger partial charge on any atom is 0.410 e. The van der Waals surface area contributed by atoms with Crippen LogP contribution in [-0.4, -0.2) is 71.3 Å². The average molecular weight is 386 g/mol. The number of piperazine rings is 1. The Labute approximate surface area is 162 Å². The van der Waals surface area contributed by atoms with Crippen LogP contribution in [0.4, 0.5) is 9.59 Å². The third kappa shape index (κ3) is 8.05. The highest BCUT2D eigenvalue weighted by Gasteiger charge is 2.33. The van der Waals surface area contributed by atoms with E-state index in [0.29, 0.717) is 26.2 Å². The summed E-state index contributed by atoms with van der Waals surface area (Å²) >= 11 is 0. The van der Waals surface area contributed by atoms with Gasteiger partial charge in [-0.05, 0) is 47.5 Å². The van der Waals surface area contributed by atoms with Crippen LogP contribution in [0, 0.1) is 5.92 Å². The van der Waals surface area contributed by atoms with Gasteiger partial charge in [0.2, 0.25) is 5.91 Å². The van der Waals surface area contributed by atoms with Crippen molar-refractivity contribution in [1.29, 1.82) is 0 Å². The highest BCUT2D eigenvalue weighted by molar-refractivity contribution is 5.86. The van der Waals surface area contributed by atoms with Crippen LogP contribution in [0.5, 0.6) is 0 Å². The molecule has 0 radical (unpaired) electrons. The first-order valence-corrected chi connectivity index (χ1v) is 9.46. The van der Waals surface area contributed by atoms with Crippen LogP contribution in [-0.2, 0) is 14.3 Å². The third-order valence-electron chi connectivity index (χ3n) is 3.85. The molecule has 0 aromatic heterocycles. The van der Waals surface area contributed by atoms with Crippen molar-refractivity contribution in [2.24, 2.45) is 5.92 Å². The molecular weight excluding hydrogens is 350 g/mol. The van der Waals surface area contributed by atoms with Crippen LogP contribution in [0.1, 0.15) is 55.4 Å². The number of hydrogen-bond donors (Lipinski definition) is 1. The van der Waals surface area contributed by atoms with Crippen LogP contribution >= 0.6 is 0 Å². The molecular formula is C19H35N3O5. The fourth-order valence-electron chi connectivity index (χ4n) is 2.58. The van der Waals surface area contributed by atoms with Crippen molar-refractivity contribution in [2.45, 2.75) is 72.6 Å². The third-order valence-corrected chi connectivity index (χ3v) is 3.85. The van der Waals surface area contributed by atoms with Gasteiger partial charge in [-0.25, -0.2) is 9.59 Å². The zero-order valence-corrected chi connectivity index (χ0v) is 17.9. The van der Waals surface area contributed by atoms with E-state index in [-0.39, 0.29) is 17.9 Å². The van der Waals surface area contributed by atoms with Gasteiger partial charge in [0, 0.05) is 26.2 Å². The summed E-state index contributed by atoms with van der Waals surface area (Å²) in [5.74, 6) is -0.256. The zero-order valence-electron chi connectivity index (χ0n) is 17.9. The molecule has 1 heterocycles. The van der Waals surface area contributed by atoms with Crippen molar-refractivity contribution in [3.63, 3.8) is 0 Å². The Morgan fingerprint density at radius 2 is 1.26 bits per heavy atom. The molecule has 1 fully saturated rings. The lowest BCUT2D eigenvalue weighted by Crippen LogP contribution is -2.57. The minimum Gasteiger partial charge on any atom is -0.444 e. The number of carbonyl (C=O) groups excluding carboxylic acids is 3. The molecule has 0 aromatic rings. The van der Waals surface area contributed by atoms with E-state index in [1.807, 2.05) is 34.6 Å². The maximum atomic E-state index is 12.9. The second-order valence-corrected chi connectivity index (χ2v) is 9.16. The largest absolute Gasteiger partial charge is 0.444 e. The van der Waals surface area contributed by atoms with E-state index in [1.165, 1.54) is 0 Å². The predicted molar refractivity (Wildman–Crippen MR) is 102 cm³/mol. The van der Waals surface area contributed by atoms with Crippen LogP contribution < -0.4 is 5.32 Å². The van der Waals surface area contributed by atoms with Gasteiger partial charge < -0.3 is 24.6 Å². The molecule has 1 rings (SSSR count). The topological polar surface area (TPSA) is 88.2 Å². The fraction of sp³-hybridized carbons (Fsp3) is 0.842. The van der Waals surface area contributed by atoms with E-state index in [2.05, 4.69) is 5.32 Å². The van der Waals surface area contributed by atoms with Crippen molar-refractivity contribution < 1.29 is 23.9 Å². The first-order chi connectivity index (χ1) is 12.2.